The predicted molar refractivity (Wildman–Crippen MR) is 150 cm³/mol. The lowest BCUT2D eigenvalue weighted by Gasteiger charge is -2.28. The molecule has 3 aromatic carbocycles. The molecule has 39 heavy (non-hydrogen) atoms. The summed E-state index contributed by atoms with van der Waals surface area (Å²) < 4.78 is 30.1. The quantitative estimate of drug-likeness (QED) is 0.196. The van der Waals surface area contributed by atoms with E-state index >= 15 is 0 Å². The molecule has 0 aliphatic carbocycles. The van der Waals surface area contributed by atoms with Crippen molar-refractivity contribution in [2.75, 3.05) is 11.3 Å². The minimum Gasteiger partial charge on any atom is -0.387 e. The van der Waals surface area contributed by atoms with Gasteiger partial charge in [0.15, 0.2) is 0 Å². The van der Waals surface area contributed by atoms with Crippen LogP contribution in [0.1, 0.15) is 31.9 Å². The number of H-pyrrole nitrogens is 1. The molecule has 0 radical (unpaired) electrons. The van der Waals surface area contributed by atoms with Crippen LogP contribution in [-0.2, 0) is 16.6 Å². The zero-order valence-corrected chi connectivity index (χ0v) is 22.6. The molecule has 0 aliphatic heterocycles. The number of hydrogen-bond donors (Lipinski definition) is 4. The molecule has 202 valence electrons. The summed E-state index contributed by atoms with van der Waals surface area (Å²) in [5.74, 6) is 0.563. The van der Waals surface area contributed by atoms with Gasteiger partial charge in [-0.3, -0.25) is 4.72 Å². The normalized spacial score (nSPS) is 13.0. The number of aromatic amines is 1. The van der Waals surface area contributed by atoms with Crippen LogP contribution in [0.15, 0.2) is 90.0 Å². The highest BCUT2D eigenvalue weighted by Crippen LogP contribution is 2.25. The first-order chi connectivity index (χ1) is 18.7. The number of aliphatic hydroxyl groups is 1. The standard InChI is InChI=1S/C28H31N7O3S/c1-28(2,14-16-35-15-13-20-17-22(11-12-25(20)35)27-30-33-34-31-27)29-19-26(36)21-7-6-8-23(18-21)32-39(37,38)24-9-4-3-5-10-24/h3-13,15,17-18,26,29,32,36H,14,16,19H2,1-2H3,(H,30,31,33,34). The van der Waals surface area contributed by atoms with Crippen LogP contribution in [0.5, 0.6) is 0 Å². The third-order valence-corrected chi connectivity index (χ3v) is 8.10. The van der Waals surface area contributed by atoms with Crippen LogP contribution < -0.4 is 10.0 Å². The third kappa shape index (κ3) is 6.33. The topological polar surface area (TPSA) is 138 Å². The van der Waals surface area contributed by atoms with Crippen LogP contribution in [0.4, 0.5) is 5.69 Å². The molecule has 1 unspecified atom stereocenters. The zero-order valence-electron chi connectivity index (χ0n) is 21.7. The minimum absolute atomic E-state index is 0.183. The van der Waals surface area contributed by atoms with Crippen molar-refractivity contribution in [3.05, 3.63) is 90.6 Å². The summed E-state index contributed by atoms with van der Waals surface area (Å²) in [4.78, 5) is 0.183. The van der Waals surface area contributed by atoms with Gasteiger partial charge in [0.2, 0.25) is 5.82 Å². The summed E-state index contributed by atoms with van der Waals surface area (Å²) in [6.07, 6.45) is 2.09. The Hall–Kier alpha value is -4.06. The molecule has 2 aromatic heterocycles. The maximum absolute atomic E-state index is 12.7. The Morgan fingerprint density at radius 1 is 1.03 bits per heavy atom. The third-order valence-electron chi connectivity index (χ3n) is 6.70. The van der Waals surface area contributed by atoms with Crippen molar-refractivity contribution in [3.63, 3.8) is 0 Å². The van der Waals surface area contributed by atoms with Gasteiger partial charge in [0.05, 0.1) is 11.0 Å². The Bertz CT molecular complexity index is 1650. The molecule has 5 aromatic rings. The van der Waals surface area contributed by atoms with Gasteiger partial charge in [-0.1, -0.05) is 30.3 Å². The molecule has 0 saturated heterocycles. The second-order valence-electron chi connectivity index (χ2n) is 10.1. The fourth-order valence-corrected chi connectivity index (χ4v) is 5.49. The highest BCUT2D eigenvalue weighted by atomic mass is 32.2. The molecule has 2 heterocycles. The van der Waals surface area contributed by atoms with Crippen molar-refractivity contribution in [2.24, 2.45) is 0 Å². The van der Waals surface area contributed by atoms with Gasteiger partial charge in [-0.05, 0) is 79.6 Å². The molecule has 11 heteroatoms. The molecule has 10 nitrogen and oxygen atoms in total. The van der Waals surface area contributed by atoms with E-state index in [4.69, 9.17) is 0 Å². The Balaban J connectivity index is 1.18. The second-order valence-corrected chi connectivity index (χ2v) is 11.8. The van der Waals surface area contributed by atoms with E-state index in [9.17, 15) is 13.5 Å². The Morgan fingerprint density at radius 3 is 2.62 bits per heavy atom. The van der Waals surface area contributed by atoms with Crippen molar-refractivity contribution in [2.45, 2.75) is 43.4 Å². The summed E-state index contributed by atoms with van der Waals surface area (Å²) in [5.41, 5.74) is 2.79. The average molecular weight is 546 g/mol. The summed E-state index contributed by atoms with van der Waals surface area (Å²) in [6, 6.07) is 23.2. The molecular formula is C28H31N7O3S. The van der Waals surface area contributed by atoms with Crippen molar-refractivity contribution in [1.82, 2.24) is 30.5 Å². The molecule has 1 atom stereocenters. The number of nitrogens with zero attached hydrogens (tertiary/aromatic N) is 4. The van der Waals surface area contributed by atoms with Crippen LogP contribution in [-0.4, -0.2) is 50.8 Å². The van der Waals surface area contributed by atoms with Crippen LogP contribution in [0.2, 0.25) is 0 Å². The van der Waals surface area contributed by atoms with E-state index in [1.54, 1.807) is 42.5 Å². The number of aryl methyl sites for hydroxylation is 1. The van der Waals surface area contributed by atoms with Gasteiger partial charge in [0.25, 0.3) is 10.0 Å². The summed E-state index contributed by atoms with van der Waals surface area (Å²) in [5, 5.41) is 29.6. The molecule has 0 fully saturated rings. The number of benzene rings is 3. The monoisotopic (exact) mass is 545 g/mol. The van der Waals surface area contributed by atoms with Crippen LogP contribution in [0, 0.1) is 0 Å². The van der Waals surface area contributed by atoms with Gasteiger partial charge in [0, 0.05) is 47.0 Å². The smallest absolute Gasteiger partial charge is 0.261 e. The van der Waals surface area contributed by atoms with Crippen molar-refractivity contribution in [3.8, 4) is 11.4 Å². The first-order valence-corrected chi connectivity index (χ1v) is 14.1. The number of fused-ring (bicyclic) bond motifs is 1. The van der Waals surface area contributed by atoms with Gasteiger partial charge in [0.1, 0.15) is 0 Å². The van der Waals surface area contributed by atoms with E-state index in [0.717, 1.165) is 29.4 Å². The Morgan fingerprint density at radius 2 is 1.85 bits per heavy atom. The number of aromatic nitrogens is 5. The van der Waals surface area contributed by atoms with Crippen molar-refractivity contribution >= 4 is 26.6 Å². The van der Waals surface area contributed by atoms with E-state index in [0.29, 0.717) is 23.6 Å². The second kappa shape index (κ2) is 11.0. The van der Waals surface area contributed by atoms with Crippen molar-refractivity contribution in [1.29, 1.82) is 0 Å². The highest BCUT2D eigenvalue weighted by molar-refractivity contribution is 7.92. The fraction of sp³-hybridized carbons (Fsp3) is 0.250. The minimum atomic E-state index is -3.71. The lowest BCUT2D eigenvalue weighted by molar-refractivity contribution is 0.158. The van der Waals surface area contributed by atoms with Crippen molar-refractivity contribution < 1.29 is 13.5 Å². The molecule has 4 N–H and O–H groups in total. The number of tetrazole rings is 1. The molecular weight excluding hydrogens is 514 g/mol. The molecule has 0 saturated carbocycles. The van der Waals surface area contributed by atoms with Gasteiger partial charge in [-0.25, -0.2) is 8.42 Å². The lowest BCUT2D eigenvalue weighted by atomic mass is 9.99. The van der Waals surface area contributed by atoms with E-state index < -0.39 is 16.1 Å². The first-order valence-electron chi connectivity index (χ1n) is 12.6. The molecule has 0 spiro atoms. The lowest BCUT2D eigenvalue weighted by Crippen LogP contribution is -2.42. The molecule has 0 amide bonds. The van der Waals surface area contributed by atoms with Gasteiger partial charge in [-0.15, -0.1) is 10.2 Å². The SMILES string of the molecule is CC(C)(CCn1ccc2cc(-c3nn[nH]n3)ccc21)NCC(O)c1cccc(NS(=O)(=O)c2ccccc2)c1. The van der Waals surface area contributed by atoms with Crippen LogP contribution in [0.3, 0.4) is 0 Å². The Labute approximate surface area is 227 Å². The number of rotatable bonds is 11. The van der Waals surface area contributed by atoms with Gasteiger partial charge < -0.3 is 15.0 Å². The first kappa shape index (κ1) is 26.5. The van der Waals surface area contributed by atoms with E-state index in [-0.39, 0.29) is 10.4 Å². The fourth-order valence-electron chi connectivity index (χ4n) is 4.42. The van der Waals surface area contributed by atoms with Gasteiger partial charge >= 0.3 is 0 Å². The summed E-state index contributed by atoms with van der Waals surface area (Å²) in [6.45, 7) is 5.31. The van der Waals surface area contributed by atoms with E-state index in [1.807, 2.05) is 12.1 Å². The zero-order chi connectivity index (χ0) is 27.5. The maximum atomic E-state index is 12.7. The van der Waals surface area contributed by atoms with E-state index in [1.165, 1.54) is 12.1 Å². The predicted octanol–water partition coefficient (Wildman–Crippen LogP) is 4.11. The highest BCUT2D eigenvalue weighted by Gasteiger charge is 2.20. The number of nitrogens with one attached hydrogen (secondary N) is 3. The summed E-state index contributed by atoms with van der Waals surface area (Å²) in [7, 11) is -3.71. The number of anilines is 1. The van der Waals surface area contributed by atoms with Crippen LogP contribution >= 0.6 is 0 Å². The molecule has 0 bridgehead atoms. The maximum Gasteiger partial charge on any atom is 0.261 e. The number of sulfonamides is 1. The van der Waals surface area contributed by atoms with E-state index in [2.05, 4.69) is 67.4 Å². The van der Waals surface area contributed by atoms with Gasteiger partial charge in [-0.2, -0.15) is 5.21 Å². The summed E-state index contributed by atoms with van der Waals surface area (Å²) >= 11 is 0. The molecule has 0 aliphatic rings. The Kier molecular flexibility index (Phi) is 7.47. The largest absolute Gasteiger partial charge is 0.387 e. The number of β-amino-alcohol motifs (C(OH)–C–C–N with tert-alkyl or cyclic N) is 1. The average Bonchev–Trinajstić information content (AvgIpc) is 3.61. The number of aliphatic hydroxyl groups excluding tert-OH is 1. The number of hydrogen-bond acceptors (Lipinski definition) is 7. The van der Waals surface area contributed by atoms with Crippen LogP contribution in [0.25, 0.3) is 22.3 Å². The molecule has 5 rings (SSSR count).